The van der Waals surface area contributed by atoms with Gasteiger partial charge in [-0.05, 0) is 37.1 Å². The van der Waals surface area contributed by atoms with E-state index in [0.29, 0.717) is 39.3 Å². The van der Waals surface area contributed by atoms with Crippen molar-refractivity contribution in [2.45, 2.75) is 17.1 Å². The van der Waals surface area contributed by atoms with Gasteiger partial charge in [0.15, 0.2) is 5.13 Å². The second-order valence-corrected chi connectivity index (χ2v) is 11.8. The first kappa shape index (κ1) is 22.3. The van der Waals surface area contributed by atoms with Gasteiger partial charge in [-0.3, -0.25) is 4.79 Å². The van der Waals surface area contributed by atoms with Gasteiger partial charge in [0, 0.05) is 19.0 Å². The SMILES string of the molecule is COc1ccc(OC)c2sc(NC(=O)C3CCN(S(=O)(=O)c4ccc(Cl)s4)CC3)nc12. The molecular formula is C19H20ClN3O5S3. The number of hydrogen-bond donors (Lipinski definition) is 1. The monoisotopic (exact) mass is 501 g/mol. The van der Waals surface area contributed by atoms with Crippen LogP contribution in [0.2, 0.25) is 4.34 Å². The van der Waals surface area contributed by atoms with Gasteiger partial charge in [0.25, 0.3) is 10.0 Å². The number of methoxy groups -OCH3 is 2. The molecule has 2 aromatic heterocycles. The standard InChI is InChI=1S/C19H20ClN3O5S3/c1-27-12-3-4-13(28-2)17-16(12)21-19(30-17)22-18(24)11-7-9-23(10-8-11)31(25,26)15-6-5-14(20)29-15/h3-6,11H,7-10H2,1-2H3,(H,21,22,24). The largest absolute Gasteiger partial charge is 0.495 e. The summed E-state index contributed by atoms with van der Waals surface area (Å²) in [6, 6.07) is 6.64. The second kappa shape index (κ2) is 8.91. The van der Waals surface area contributed by atoms with Gasteiger partial charge in [-0.1, -0.05) is 22.9 Å². The fourth-order valence-electron chi connectivity index (χ4n) is 3.47. The number of aromatic nitrogens is 1. The van der Waals surface area contributed by atoms with E-state index in [2.05, 4.69) is 10.3 Å². The van der Waals surface area contributed by atoms with Crippen LogP contribution in [0.3, 0.4) is 0 Å². The molecule has 0 saturated carbocycles. The predicted molar refractivity (Wildman–Crippen MR) is 122 cm³/mol. The summed E-state index contributed by atoms with van der Waals surface area (Å²) in [6.45, 7) is 0.550. The van der Waals surface area contributed by atoms with Gasteiger partial charge in [0.2, 0.25) is 5.91 Å². The number of carbonyl (C=O) groups is 1. The maximum Gasteiger partial charge on any atom is 0.252 e. The smallest absolute Gasteiger partial charge is 0.252 e. The summed E-state index contributed by atoms with van der Waals surface area (Å²) in [6.07, 6.45) is 0.865. The van der Waals surface area contributed by atoms with E-state index in [4.69, 9.17) is 21.1 Å². The molecule has 1 N–H and O–H groups in total. The number of nitrogens with one attached hydrogen (secondary N) is 1. The first-order chi connectivity index (χ1) is 14.8. The van der Waals surface area contributed by atoms with Crippen molar-refractivity contribution in [3.63, 3.8) is 0 Å². The van der Waals surface area contributed by atoms with E-state index in [1.54, 1.807) is 32.4 Å². The van der Waals surface area contributed by atoms with Gasteiger partial charge in [-0.15, -0.1) is 11.3 Å². The zero-order valence-corrected chi connectivity index (χ0v) is 20.0. The Bertz CT molecular complexity index is 1170. The number of hydrogen-bond acceptors (Lipinski definition) is 8. The highest BCUT2D eigenvalue weighted by Gasteiger charge is 2.33. The number of anilines is 1. The first-order valence-electron chi connectivity index (χ1n) is 9.41. The van der Waals surface area contributed by atoms with Crippen molar-refractivity contribution in [1.82, 2.24) is 9.29 Å². The highest BCUT2D eigenvalue weighted by molar-refractivity contribution is 7.91. The Hall–Kier alpha value is -1.92. The highest BCUT2D eigenvalue weighted by Crippen LogP contribution is 2.39. The summed E-state index contributed by atoms with van der Waals surface area (Å²) in [5, 5.41) is 3.32. The quantitative estimate of drug-likeness (QED) is 0.546. The molecule has 0 atom stereocenters. The summed E-state index contributed by atoms with van der Waals surface area (Å²) in [7, 11) is -0.449. The summed E-state index contributed by atoms with van der Waals surface area (Å²) >= 11 is 8.22. The minimum atomic E-state index is -3.58. The van der Waals surface area contributed by atoms with E-state index in [1.165, 1.54) is 21.7 Å². The number of halogens is 1. The number of sulfonamides is 1. The van der Waals surface area contributed by atoms with Crippen LogP contribution in [0.5, 0.6) is 11.5 Å². The van der Waals surface area contributed by atoms with Crippen molar-refractivity contribution in [3.8, 4) is 11.5 Å². The molecule has 3 heterocycles. The lowest BCUT2D eigenvalue weighted by Crippen LogP contribution is -2.41. The van der Waals surface area contributed by atoms with Crippen LogP contribution in [0.4, 0.5) is 5.13 Å². The lowest BCUT2D eigenvalue weighted by molar-refractivity contribution is -0.120. The Morgan fingerprint density at radius 2 is 1.81 bits per heavy atom. The fourth-order valence-corrected chi connectivity index (χ4v) is 7.55. The number of thiazole rings is 1. The number of amides is 1. The van der Waals surface area contributed by atoms with Crippen LogP contribution in [-0.4, -0.2) is 50.9 Å². The molecule has 0 radical (unpaired) electrons. The Morgan fingerprint density at radius 1 is 1.13 bits per heavy atom. The third-order valence-electron chi connectivity index (χ3n) is 5.11. The highest BCUT2D eigenvalue weighted by atomic mass is 35.5. The van der Waals surface area contributed by atoms with Crippen LogP contribution in [-0.2, 0) is 14.8 Å². The molecule has 3 aromatic rings. The third-order valence-corrected chi connectivity index (χ3v) is 9.69. The number of benzene rings is 1. The number of fused-ring (bicyclic) bond motifs is 1. The van der Waals surface area contributed by atoms with Crippen molar-refractivity contribution in [1.29, 1.82) is 0 Å². The lowest BCUT2D eigenvalue weighted by Gasteiger charge is -2.29. The maximum atomic E-state index is 12.8. The Labute approximate surface area is 192 Å². The summed E-state index contributed by atoms with van der Waals surface area (Å²) in [5.41, 5.74) is 0.623. The number of nitrogens with zero attached hydrogens (tertiary/aromatic N) is 2. The van der Waals surface area contributed by atoms with Crippen molar-refractivity contribution >= 4 is 65.6 Å². The molecule has 12 heteroatoms. The summed E-state index contributed by atoms with van der Waals surface area (Å²) in [5.74, 6) is 0.781. The van der Waals surface area contributed by atoms with Gasteiger partial charge in [0.05, 0.1) is 18.6 Å². The van der Waals surface area contributed by atoms with Crippen LogP contribution in [0, 0.1) is 5.92 Å². The van der Waals surface area contributed by atoms with E-state index >= 15 is 0 Å². The minimum absolute atomic E-state index is 0.173. The van der Waals surface area contributed by atoms with E-state index in [9.17, 15) is 13.2 Å². The molecule has 166 valence electrons. The minimum Gasteiger partial charge on any atom is -0.495 e. The van der Waals surface area contributed by atoms with Gasteiger partial charge in [-0.25, -0.2) is 13.4 Å². The molecular weight excluding hydrogens is 482 g/mol. The summed E-state index contributed by atoms with van der Waals surface area (Å²) < 4.78 is 39.0. The predicted octanol–water partition coefficient (Wildman–Crippen LogP) is 4.07. The van der Waals surface area contributed by atoms with Crippen molar-refractivity contribution in [2.75, 3.05) is 32.6 Å². The number of ether oxygens (including phenoxy) is 2. The van der Waals surface area contributed by atoms with Gasteiger partial charge in [0.1, 0.15) is 25.9 Å². The van der Waals surface area contributed by atoms with E-state index in [1.807, 2.05) is 0 Å². The lowest BCUT2D eigenvalue weighted by atomic mass is 9.97. The molecule has 0 bridgehead atoms. The molecule has 1 saturated heterocycles. The zero-order chi connectivity index (χ0) is 22.2. The molecule has 0 aliphatic carbocycles. The fraction of sp³-hybridized carbons (Fsp3) is 0.368. The number of thiophene rings is 1. The Kier molecular flexibility index (Phi) is 6.40. The normalized spacial score (nSPS) is 15.8. The molecule has 1 aromatic carbocycles. The van der Waals surface area contributed by atoms with E-state index in [-0.39, 0.29) is 29.1 Å². The number of carbonyl (C=O) groups excluding carboxylic acids is 1. The third kappa shape index (κ3) is 4.37. The topological polar surface area (TPSA) is 97.8 Å². The molecule has 0 spiro atoms. The van der Waals surface area contributed by atoms with Crippen LogP contribution in [0.25, 0.3) is 10.2 Å². The van der Waals surface area contributed by atoms with Crippen LogP contribution in [0.1, 0.15) is 12.8 Å². The Morgan fingerprint density at radius 3 is 2.42 bits per heavy atom. The molecule has 0 unspecified atom stereocenters. The Balaban J connectivity index is 1.44. The first-order valence-corrected chi connectivity index (χ1v) is 12.9. The molecule has 8 nitrogen and oxygen atoms in total. The zero-order valence-electron chi connectivity index (χ0n) is 16.8. The average molecular weight is 502 g/mol. The van der Waals surface area contributed by atoms with E-state index in [0.717, 1.165) is 16.0 Å². The van der Waals surface area contributed by atoms with Gasteiger partial charge >= 0.3 is 0 Å². The van der Waals surface area contributed by atoms with Crippen molar-refractivity contribution in [3.05, 3.63) is 28.6 Å². The summed E-state index contributed by atoms with van der Waals surface area (Å²) in [4.78, 5) is 17.3. The van der Waals surface area contributed by atoms with Crippen molar-refractivity contribution < 1.29 is 22.7 Å². The van der Waals surface area contributed by atoms with Gasteiger partial charge in [-0.2, -0.15) is 4.31 Å². The maximum absolute atomic E-state index is 12.8. The van der Waals surface area contributed by atoms with Crippen LogP contribution in [0.15, 0.2) is 28.5 Å². The molecule has 1 aliphatic heterocycles. The van der Waals surface area contributed by atoms with E-state index < -0.39 is 10.0 Å². The number of piperidine rings is 1. The molecule has 1 amide bonds. The van der Waals surface area contributed by atoms with Gasteiger partial charge < -0.3 is 14.8 Å². The van der Waals surface area contributed by atoms with Crippen LogP contribution >= 0.6 is 34.3 Å². The molecule has 1 fully saturated rings. The average Bonchev–Trinajstić information content (AvgIpc) is 3.39. The number of rotatable bonds is 6. The molecule has 4 rings (SSSR count). The molecule has 31 heavy (non-hydrogen) atoms. The molecule has 1 aliphatic rings. The van der Waals surface area contributed by atoms with Crippen LogP contribution < -0.4 is 14.8 Å². The van der Waals surface area contributed by atoms with Crippen molar-refractivity contribution in [2.24, 2.45) is 5.92 Å². The second-order valence-electron chi connectivity index (χ2n) is 6.89.